The SMILES string of the molecule is CCN(Cc1ccc(OC)c(OC)c1)C(=O)c1ccc2c(c1)CC(C)N2S(C)(=O)=O. The highest BCUT2D eigenvalue weighted by Crippen LogP contribution is 2.35. The summed E-state index contributed by atoms with van der Waals surface area (Å²) in [6.45, 7) is 4.77. The van der Waals surface area contributed by atoms with Gasteiger partial charge >= 0.3 is 0 Å². The Morgan fingerprint density at radius 1 is 1.13 bits per heavy atom. The van der Waals surface area contributed by atoms with Crippen molar-refractivity contribution in [2.45, 2.75) is 32.9 Å². The van der Waals surface area contributed by atoms with E-state index in [0.717, 1.165) is 11.1 Å². The summed E-state index contributed by atoms with van der Waals surface area (Å²) in [4.78, 5) is 14.9. The van der Waals surface area contributed by atoms with E-state index in [2.05, 4.69) is 0 Å². The first-order valence-electron chi connectivity index (χ1n) is 9.82. The van der Waals surface area contributed by atoms with E-state index >= 15 is 0 Å². The first kappa shape index (κ1) is 22.0. The van der Waals surface area contributed by atoms with Crippen LogP contribution in [0.4, 0.5) is 5.69 Å². The monoisotopic (exact) mass is 432 g/mol. The number of ether oxygens (including phenoxy) is 2. The second kappa shape index (κ2) is 8.55. The van der Waals surface area contributed by atoms with Crippen LogP contribution in [0.1, 0.15) is 35.3 Å². The average molecular weight is 433 g/mol. The van der Waals surface area contributed by atoms with Gasteiger partial charge in [0.25, 0.3) is 5.91 Å². The summed E-state index contributed by atoms with van der Waals surface area (Å²) in [6, 6.07) is 10.7. The molecule has 1 aliphatic heterocycles. The van der Waals surface area contributed by atoms with E-state index in [1.54, 1.807) is 31.3 Å². The van der Waals surface area contributed by atoms with E-state index < -0.39 is 10.0 Å². The molecule has 2 aromatic carbocycles. The molecule has 2 aromatic rings. The van der Waals surface area contributed by atoms with Gasteiger partial charge in [0.2, 0.25) is 10.0 Å². The van der Waals surface area contributed by atoms with E-state index in [1.807, 2.05) is 38.1 Å². The van der Waals surface area contributed by atoms with Crippen molar-refractivity contribution >= 4 is 21.6 Å². The summed E-state index contributed by atoms with van der Waals surface area (Å²) in [5.74, 6) is 1.16. The Kier molecular flexibility index (Phi) is 6.26. The van der Waals surface area contributed by atoms with Gasteiger partial charge in [-0.1, -0.05) is 6.07 Å². The third-order valence-corrected chi connectivity index (χ3v) is 6.60. The maximum Gasteiger partial charge on any atom is 0.254 e. The number of methoxy groups -OCH3 is 2. The van der Waals surface area contributed by atoms with Crippen LogP contribution >= 0.6 is 0 Å². The molecule has 0 saturated carbocycles. The number of anilines is 1. The summed E-state index contributed by atoms with van der Waals surface area (Å²) < 4.78 is 36.3. The summed E-state index contributed by atoms with van der Waals surface area (Å²) in [5.41, 5.74) is 3.02. The number of sulfonamides is 1. The molecule has 8 heteroatoms. The Morgan fingerprint density at radius 2 is 1.83 bits per heavy atom. The zero-order valence-corrected chi connectivity index (χ0v) is 18.8. The van der Waals surface area contributed by atoms with Crippen molar-refractivity contribution in [3.05, 3.63) is 53.1 Å². The molecule has 0 saturated heterocycles. The minimum atomic E-state index is -3.36. The Labute approximate surface area is 178 Å². The van der Waals surface area contributed by atoms with Gasteiger partial charge in [0, 0.05) is 24.7 Å². The van der Waals surface area contributed by atoms with Gasteiger partial charge in [0.1, 0.15) is 0 Å². The number of hydrogen-bond donors (Lipinski definition) is 0. The molecule has 0 bridgehead atoms. The van der Waals surface area contributed by atoms with Crippen LogP contribution in [0.3, 0.4) is 0 Å². The molecule has 1 atom stereocenters. The van der Waals surface area contributed by atoms with E-state index in [9.17, 15) is 13.2 Å². The minimum Gasteiger partial charge on any atom is -0.493 e. The van der Waals surface area contributed by atoms with Crippen molar-refractivity contribution in [3.63, 3.8) is 0 Å². The van der Waals surface area contributed by atoms with Gasteiger partial charge in [-0.15, -0.1) is 0 Å². The zero-order valence-electron chi connectivity index (χ0n) is 18.0. The van der Waals surface area contributed by atoms with Crippen molar-refractivity contribution in [1.29, 1.82) is 0 Å². The van der Waals surface area contributed by atoms with Crippen LogP contribution < -0.4 is 13.8 Å². The molecule has 0 radical (unpaired) electrons. The maximum atomic E-state index is 13.2. The van der Waals surface area contributed by atoms with E-state index in [0.29, 0.717) is 42.3 Å². The smallest absolute Gasteiger partial charge is 0.254 e. The Morgan fingerprint density at radius 3 is 2.43 bits per heavy atom. The summed E-state index contributed by atoms with van der Waals surface area (Å²) >= 11 is 0. The lowest BCUT2D eigenvalue weighted by atomic mass is 10.1. The molecular formula is C22H28N2O5S. The third kappa shape index (κ3) is 4.23. The lowest BCUT2D eigenvalue weighted by Crippen LogP contribution is -2.34. The summed E-state index contributed by atoms with van der Waals surface area (Å²) in [7, 11) is -0.195. The molecule has 0 N–H and O–H groups in total. The third-order valence-electron chi connectivity index (χ3n) is 5.33. The first-order chi connectivity index (χ1) is 14.2. The van der Waals surface area contributed by atoms with E-state index in [4.69, 9.17) is 9.47 Å². The van der Waals surface area contributed by atoms with Crippen LogP contribution in [-0.2, 0) is 23.0 Å². The number of rotatable bonds is 7. The molecule has 1 amide bonds. The number of benzene rings is 2. The van der Waals surface area contributed by atoms with Gasteiger partial charge in [-0.05, 0) is 61.7 Å². The van der Waals surface area contributed by atoms with Crippen molar-refractivity contribution in [1.82, 2.24) is 4.90 Å². The lowest BCUT2D eigenvalue weighted by molar-refractivity contribution is 0.0752. The second-order valence-electron chi connectivity index (χ2n) is 7.46. The highest BCUT2D eigenvalue weighted by Gasteiger charge is 2.33. The molecule has 162 valence electrons. The van der Waals surface area contributed by atoms with Crippen molar-refractivity contribution in [2.24, 2.45) is 0 Å². The maximum absolute atomic E-state index is 13.2. The topological polar surface area (TPSA) is 76.2 Å². The fourth-order valence-electron chi connectivity index (χ4n) is 3.95. The van der Waals surface area contributed by atoms with Gasteiger partial charge in [-0.3, -0.25) is 9.10 Å². The Hall–Kier alpha value is -2.74. The molecule has 3 rings (SSSR count). The molecular weight excluding hydrogens is 404 g/mol. The molecule has 0 spiro atoms. The van der Waals surface area contributed by atoms with E-state index in [1.165, 1.54) is 10.6 Å². The van der Waals surface area contributed by atoms with Crippen LogP contribution in [0.5, 0.6) is 11.5 Å². The number of carbonyl (C=O) groups is 1. The Bertz CT molecular complexity index is 1050. The standard InChI is InChI=1S/C22H28N2O5S/c1-6-23(14-16-7-10-20(28-3)21(12-16)29-4)22(25)17-8-9-19-18(13-17)11-15(2)24(19)30(5,26)27/h7-10,12-13,15H,6,11,14H2,1-5H3. The quantitative estimate of drug-likeness (QED) is 0.672. The summed E-state index contributed by atoms with van der Waals surface area (Å²) in [6.07, 6.45) is 1.80. The lowest BCUT2D eigenvalue weighted by Gasteiger charge is -2.23. The largest absolute Gasteiger partial charge is 0.493 e. The molecule has 1 aliphatic rings. The van der Waals surface area contributed by atoms with Crippen LogP contribution in [0.15, 0.2) is 36.4 Å². The first-order valence-corrected chi connectivity index (χ1v) is 11.7. The number of nitrogens with zero attached hydrogens (tertiary/aromatic N) is 2. The van der Waals surface area contributed by atoms with Gasteiger partial charge in [0.05, 0.1) is 26.2 Å². The molecule has 7 nitrogen and oxygen atoms in total. The minimum absolute atomic E-state index is 0.0967. The van der Waals surface area contributed by atoms with Crippen LogP contribution in [-0.4, -0.2) is 52.3 Å². The molecule has 0 fully saturated rings. The van der Waals surface area contributed by atoms with Gasteiger partial charge in [-0.25, -0.2) is 8.42 Å². The predicted octanol–water partition coefficient (Wildman–Crippen LogP) is 3.08. The zero-order chi connectivity index (χ0) is 22.1. The predicted molar refractivity (Wildman–Crippen MR) is 117 cm³/mol. The molecule has 1 unspecified atom stereocenters. The number of fused-ring (bicyclic) bond motifs is 1. The summed E-state index contributed by atoms with van der Waals surface area (Å²) in [5, 5.41) is 0. The van der Waals surface area contributed by atoms with Crippen molar-refractivity contribution < 1.29 is 22.7 Å². The molecule has 30 heavy (non-hydrogen) atoms. The number of carbonyl (C=O) groups excluding carboxylic acids is 1. The average Bonchev–Trinajstić information content (AvgIpc) is 3.06. The molecule has 0 aliphatic carbocycles. The number of hydrogen-bond acceptors (Lipinski definition) is 5. The van der Waals surface area contributed by atoms with Crippen LogP contribution in [0, 0.1) is 0 Å². The van der Waals surface area contributed by atoms with Gasteiger partial charge in [-0.2, -0.15) is 0 Å². The van der Waals surface area contributed by atoms with Crippen LogP contribution in [0.25, 0.3) is 0 Å². The molecule has 1 heterocycles. The van der Waals surface area contributed by atoms with E-state index in [-0.39, 0.29) is 11.9 Å². The molecule has 0 aromatic heterocycles. The fraction of sp³-hybridized carbons (Fsp3) is 0.409. The van der Waals surface area contributed by atoms with Crippen LogP contribution in [0.2, 0.25) is 0 Å². The number of amides is 1. The highest BCUT2D eigenvalue weighted by molar-refractivity contribution is 7.92. The van der Waals surface area contributed by atoms with Crippen molar-refractivity contribution in [2.75, 3.05) is 31.3 Å². The normalized spacial score (nSPS) is 15.6. The Balaban J connectivity index is 1.84. The second-order valence-corrected chi connectivity index (χ2v) is 9.32. The van der Waals surface area contributed by atoms with Gasteiger partial charge < -0.3 is 14.4 Å². The van der Waals surface area contributed by atoms with Crippen molar-refractivity contribution in [3.8, 4) is 11.5 Å². The van der Waals surface area contributed by atoms with Gasteiger partial charge in [0.15, 0.2) is 11.5 Å². The highest BCUT2D eigenvalue weighted by atomic mass is 32.2. The fourth-order valence-corrected chi connectivity index (χ4v) is 5.21.